The number of halogens is 1. The van der Waals surface area contributed by atoms with Crippen LogP contribution < -0.4 is 14.2 Å². The Balaban J connectivity index is 1.60. The van der Waals surface area contributed by atoms with E-state index in [1.165, 1.54) is 24.9 Å². The van der Waals surface area contributed by atoms with E-state index in [0.29, 0.717) is 39.4 Å². The minimum absolute atomic E-state index is 0.0136. The summed E-state index contributed by atoms with van der Waals surface area (Å²) in [5, 5.41) is 19.9. The van der Waals surface area contributed by atoms with Crippen LogP contribution in [0.25, 0.3) is 5.69 Å². The van der Waals surface area contributed by atoms with Crippen molar-refractivity contribution in [3.05, 3.63) is 99.6 Å². The Morgan fingerprint density at radius 2 is 1.78 bits per heavy atom. The molecule has 37 heavy (non-hydrogen) atoms. The molecule has 0 aliphatic carbocycles. The first-order valence-electron chi connectivity index (χ1n) is 11.3. The lowest BCUT2D eigenvalue weighted by Crippen LogP contribution is -2.11. The molecule has 0 aliphatic heterocycles. The Bertz CT molecular complexity index is 1380. The maximum Gasteiger partial charge on any atom is 0.220 e. The van der Waals surface area contributed by atoms with Crippen molar-refractivity contribution in [2.24, 2.45) is 0 Å². The zero-order valence-corrected chi connectivity index (χ0v) is 21.3. The minimum atomic E-state index is -0.592. The van der Waals surface area contributed by atoms with Crippen molar-refractivity contribution in [3.8, 4) is 22.9 Å². The van der Waals surface area contributed by atoms with Gasteiger partial charge in [-0.2, -0.15) is 0 Å². The lowest BCUT2D eigenvalue weighted by Gasteiger charge is -2.17. The van der Waals surface area contributed by atoms with Crippen LogP contribution in [0, 0.1) is 22.9 Å². The summed E-state index contributed by atoms with van der Waals surface area (Å²) in [4.78, 5) is 11.2. The van der Waals surface area contributed by atoms with Crippen LogP contribution in [0.1, 0.15) is 22.2 Å². The number of aryl methyl sites for hydroxylation is 1. The third kappa shape index (κ3) is 6.18. The van der Waals surface area contributed by atoms with Crippen LogP contribution in [0.5, 0.6) is 17.2 Å². The van der Waals surface area contributed by atoms with E-state index in [2.05, 4.69) is 10.2 Å². The molecular weight excluding hydrogens is 499 g/mol. The third-order valence-corrected chi connectivity index (χ3v) is 6.77. The second-order valence-electron chi connectivity index (χ2n) is 7.98. The van der Waals surface area contributed by atoms with E-state index in [1.807, 2.05) is 35.8 Å². The summed E-state index contributed by atoms with van der Waals surface area (Å²) < 4.78 is 32.3. The van der Waals surface area contributed by atoms with E-state index in [4.69, 9.17) is 14.2 Å². The SMILES string of the molecule is COc1ccc(-n2c(C)nnc2S[C@H](C[N+](=O)[O-])c2ccc(OCc3ccccc3F)c(OC)c2)cc1. The number of hydrogen-bond acceptors (Lipinski definition) is 8. The Kier molecular flexibility index (Phi) is 8.24. The second kappa shape index (κ2) is 11.7. The molecule has 0 fully saturated rings. The molecule has 4 rings (SSSR count). The number of rotatable bonds is 11. The van der Waals surface area contributed by atoms with E-state index in [9.17, 15) is 14.5 Å². The Hall–Kier alpha value is -4.12. The molecule has 0 unspecified atom stereocenters. The summed E-state index contributed by atoms with van der Waals surface area (Å²) in [5.41, 5.74) is 1.86. The van der Waals surface area contributed by atoms with Gasteiger partial charge >= 0.3 is 0 Å². The fraction of sp³-hybridized carbons (Fsp3) is 0.231. The van der Waals surface area contributed by atoms with E-state index in [-0.39, 0.29) is 23.9 Å². The zero-order valence-electron chi connectivity index (χ0n) is 20.5. The van der Waals surface area contributed by atoms with Crippen LogP contribution >= 0.6 is 11.8 Å². The van der Waals surface area contributed by atoms with E-state index >= 15 is 0 Å². The second-order valence-corrected chi connectivity index (χ2v) is 9.15. The van der Waals surface area contributed by atoms with Gasteiger partial charge in [-0.3, -0.25) is 14.7 Å². The van der Waals surface area contributed by atoms with Crippen molar-refractivity contribution in [1.82, 2.24) is 14.8 Å². The highest BCUT2D eigenvalue weighted by atomic mass is 32.2. The highest BCUT2D eigenvalue weighted by molar-refractivity contribution is 7.99. The van der Waals surface area contributed by atoms with Crippen LogP contribution in [0.3, 0.4) is 0 Å². The fourth-order valence-corrected chi connectivity index (χ4v) is 4.86. The summed E-state index contributed by atoms with van der Waals surface area (Å²) in [7, 11) is 3.07. The number of nitrogens with zero attached hydrogens (tertiary/aromatic N) is 4. The smallest absolute Gasteiger partial charge is 0.220 e. The van der Waals surface area contributed by atoms with Crippen LogP contribution in [0.4, 0.5) is 4.39 Å². The van der Waals surface area contributed by atoms with Gasteiger partial charge in [-0.25, -0.2) is 4.39 Å². The van der Waals surface area contributed by atoms with E-state index < -0.39 is 5.25 Å². The van der Waals surface area contributed by atoms with Gasteiger partial charge in [0.1, 0.15) is 29.2 Å². The molecule has 0 amide bonds. The standard InChI is InChI=1S/C26H25FN4O5S/c1-17-28-29-26(31(17)20-9-11-21(34-2)12-10-20)37-25(15-30(32)33)18-8-13-23(24(14-18)35-3)36-16-19-6-4-5-7-22(19)27/h4-14,25H,15-16H2,1-3H3/t25-/m1/s1. The van der Waals surface area contributed by atoms with Crippen LogP contribution in [0.15, 0.2) is 71.9 Å². The zero-order chi connectivity index (χ0) is 26.4. The summed E-state index contributed by atoms with van der Waals surface area (Å²) >= 11 is 1.23. The molecule has 11 heteroatoms. The third-order valence-electron chi connectivity index (χ3n) is 5.59. The monoisotopic (exact) mass is 524 g/mol. The molecular formula is C26H25FN4O5S. The van der Waals surface area contributed by atoms with Gasteiger partial charge < -0.3 is 14.2 Å². The van der Waals surface area contributed by atoms with Gasteiger partial charge in [-0.1, -0.05) is 36.0 Å². The molecule has 3 aromatic carbocycles. The first-order chi connectivity index (χ1) is 17.9. The lowest BCUT2D eigenvalue weighted by atomic mass is 10.1. The summed E-state index contributed by atoms with van der Waals surface area (Å²) in [6, 6.07) is 18.8. The number of hydrogen-bond donors (Lipinski definition) is 0. The number of benzene rings is 3. The highest BCUT2D eigenvalue weighted by Gasteiger charge is 2.25. The predicted octanol–water partition coefficient (Wildman–Crippen LogP) is 5.42. The molecule has 9 nitrogen and oxygen atoms in total. The van der Waals surface area contributed by atoms with Crippen molar-refractivity contribution in [2.45, 2.75) is 23.9 Å². The Morgan fingerprint density at radius 1 is 1.03 bits per heavy atom. The highest BCUT2D eigenvalue weighted by Crippen LogP contribution is 2.39. The van der Waals surface area contributed by atoms with Crippen LogP contribution in [-0.4, -0.2) is 40.5 Å². The summed E-state index contributed by atoms with van der Waals surface area (Å²) in [5.74, 6) is 1.77. The van der Waals surface area contributed by atoms with Gasteiger partial charge in [0.2, 0.25) is 6.54 Å². The maximum absolute atomic E-state index is 14.0. The molecule has 0 aliphatic rings. The first kappa shape index (κ1) is 26.0. The number of nitro groups is 1. The van der Waals surface area contributed by atoms with Crippen molar-refractivity contribution >= 4 is 11.8 Å². The molecule has 1 aromatic heterocycles. The van der Waals surface area contributed by atoms with Crippen LogP contribution in [0.2, 0.25) is 0 Å². The molecule has 0 N–H and O–H groups in total. The average molecular weight is 525 g/mol. The molecule has 0 saturated heterocycles. The van der Waals surface area contributed by atoms with Gasteiger partial charge in [0, 0.05) is 16.2 Å². The largest absolute Gasteiger partial charge is 0.497 e. The number of thioether (sulfide) groups is 1. The number of aromatic nitrogens is 3. The minimum Gasteiger partial charge on any atom is -0.497 e. The molecule has 0 saturated carbocycles. The lowest BCUT2D eigenvalue weighted by molar-refractivity contribution is -0.479. The molecule has 1 atom stereocenters. The topological polar surface area (TPSA) is 102 Å². The molecule has 0 radical (unpaired) electrons. The van der Waals surface area contributed by atoms with Gasteiger partial charge in [-0.05, 0) is 55.0 Å². The normalized spacial score (nSPS) is 11.7. The maximum atomic E-state index is 14.0. The first-order valence-corrected chi connectivity index (χ1v) is 12.2. The van der Waals surface area contributed by atoms with Gasteiger partial charge in [0.15, 0.2) is 16.7 Å². The summed E-state index contributed by atoms with van der Waals surface area (Å²) in [6.45, 7) is 1.48. The summed E-state index contributed by atoms with van der Waals surface area (Å²) in [6.07, 6.45) is 0. The molecule has 0 spiro atoms. The number of methoxy groups -OCH3 is 2. The van der Waals surface area contributed by atoms with Gasteiger partial charge in [0.25, 0.3) is 0 Å². The molecule has 4 aromatic rings. The molecule has 192 valence electrons. The van der Waals surface area contributed by atoms with E-state index in [1.54, 1.807) is 43.5 Å². The quantitative estimate of drug-likeness (QED) is 0.146. The fourth-order valence-electron chi connectivity index (χ4n) is 3.70. The number of ether oxygens (including phenoxy) is 3. The predicted molar refractivity (Wildman–Crippen MR) is 137 cm³/mol. The Morgan fingerprint density at radius 3 is 2.46 bits per heavy atom. The average Bonchev–Trinajstić information content (AvgIpc) is 3.27. The van der Waals surface area contributed by atoms with Gasteiger partial charge in [-0.15, -0.1) is 10.2 Å². The van der Waals surface area contributed by atoms with Crippen molar-refractivity contribution < 1.29 is 23.5 Å². The molecule has 0 bridgehead atoms. The van der Waals surface area contributed by atoms with Crippen molar-refractivity contribution in [3.63, 3.8) is 0 Å². The van der Waals surface area contributed by atoms with Crippen LogP contribution in [-0.2, 0) is 6.61 Å². The van der Waals surface area contributed by atoms with Gasteiger partial charge in [0.05, 0.1) is 14.2 Å². The Labute approximate surface area is 217 Å². The van der Waals surface area contributed by atoms with E-state index in [0.717, 1.165) is 5.69 Å². The van der Waals surface area contributed by atoms with Crippen molar-refractivity contribution in [2.75, 3.05) is 20.8 Å². The van der Waals surface area contributed by atoms with Crippen molar-refractivity contribution in [1.29, 1.82) is 0 Å². The molecule has 1 heterocycles.